The van der Waals surface area contributed by atoms with E-state index in [4.69, 9.17) is 10.9 Å². The molecule has 0 aromatic heterocycles. The van der Waals surface area contributed by atoms with E-state index in [9.17, 15) is 18.0 Å². The van der Waals surface area contributed by atoms with Crippen LogP contribution in [-0.2, 0) is 19.6 Å². The topological polar surface area (TPSA) is 132 Å². The van der Waals surface area contributed by atoms with Crippen molar-refractivity contribution < 1.29 is 18.0 Å². The summed E-state index contributed by atoms with van der Waals surface area (Å²) in [5.41, 5.74) is 5.18. The maximum Gasteiger partial charge on any atom is 0.248 e. The number of benzene rings is 1. The van der Waals surface area contributed by atoms with Crippen molar-refractivity contribution in [3.05, 3.63) is 36.4 Å². The lowest BCUT2D eigenvalue weighted by Gasteiger charge is -2.03. The molecular weight excluding hydrogens is 258 g/mol. The van der Waals surface area contributed by atoms with Gasteiger partial charge in [-0.15, -0.1) is 0 Å². The number of primary sulfonamides is 1. The number of anilines is 1. The molecule has 0 fully saturated rings. The summed E-state index contributed by atoms with van der Waals surface area (Å²) in [5, 5.41) is 7.32. The predicted molar refractivity (Wildman–Crippen MR) is 64.8 cm³/mol. The molecule has 0 atom stereocenters. The number of rotatable bonds is 4. The van der Waals surface area contributed by atoms with Crippen molar-refractivity contribution in [2.45, 2.75) is 4.90 Å². The molecule has 7 nitrogen and oxygen atoms in total. The summed E-state index contributed by atoms with van der Waals surface area (Å²) in [7, 11) is -3.76. The van der Waals surface area contributed by atoms with Gasteiger partial charge in [0.15, 0.2) is 0 Å². The van der Waals surface area contributed by atoms with Crippen LogP contribution in [0.3, 0.4) is 0 Å². The number of nitrogens with one attached hydrogen (secondary N) is 1. The zero-order chi connectivity index (χ0) is 13.8. The molecule has 0 aliphatic heterocycles. The van der Waals surface area contributed by atoms with E-state index in [-0.39, 0.29) is 4.90 Å². The fraction of sp³-hybridized carbons (Fsp3) is 0. The Kier molecular flexibility index (Phi) is 4.18. The Hall–Kier alpha value is -2.19. The van der Waals surface area contributed by atoms with Crippen molar-refractivity contribution in [2.75, 3.05) is 5.32 Å². The van der Waals surface area contributed by atoms with Crippen molar-refractivity contribution in [2.24, 2.45) is 10.9 Å². The fourth-order valence-corrected chi connectivity index (χ4v) is 1.59. The molecule has 18 heavy (non-hydrogen) atoms. The SMILES string of the molecule is NC(=O)C=CC(=O)Nc1ccc(S(N)(=O)=O)cc1. The highest BCUT2D eigenvalue weighted by atomic mass is 32.2. The van der Waals surface area contributed by atoms with Crippen LogP contribution in [0, 0.1) is 0 Å². The number of carbonyl (C=O) groups is 2. The number of nitrogens with two attached hydrogens (primary N) is 2. The number of sulfonamides is 1. The summed E-state index contributed by atoms with van der Waals surface area (Å²) in [6, 6.07) is 5.25. The van der Waals surface area contributed by atoms with Crippen LogP contribution in [0.25, 0.3) is 0 Å². The van der Waals surface area contributed by atoms with E-state index < -0.39 is 21.8 Å². The van der Waals surface area contributed by atoms with E-state index in [2.05, 4.69) is 5.32 Å². The van der Waals surface area contributed by atoms with Gasteiger partial charge in [0.2, 0.25) is 21.8 Å². The molecule has 0 saturated carbocycles. The van der Waals surface area contributed by atoms with Crippen molar-refractivity contribution >= 4 is 27.5 Å². The number of amides is 2. The zero-order valence-corrected chi connectivity index (χ0v) is 9.98. The molecule has 1 aromatic rings. The second-order valence-electron chi connectivity index (χ2n) is 3.29. The summed E-state index contributed by atoms with van der Waals surface area (Å²) in [5.74, 6) is -1.30. The number of primary amides is 1. The molecule has 2 amide bonds. The van der Waals surface area contributed by atoms with E-state index in [1.54, 1.807) is 0 Å². The van der Waals surface area contributed by atoms with Gasteiger partial charge in [-0.05, 0) is 24.3 Å². The zero-order valence-electron chi connectivity index (χ0n) is 9.16. The van der Waals surface area contributed by atoms with Crippen LogP contribution < -0.4 is 16.2 Å². The summed E-state index contributed by atoms with van der Waals surface area (Å²) in [4.78, 5) is 21.6. The highest BCUT2D eigenvalue weighted by molar-refractivity contribution is 7.89. The maximum atomic E-state index is 11.3. The van der Waals surface area contributed by atoms with Crippen molar-refractivity contribution in [1.29, 1.82) is 0 Å². The molecule has 1 rings (SSSR count). The van der Waals surface area contributed by atoms with Crippen LogP contribution in [0.5, 0.6) is 0 Å². The third-order valence-corrected chi connectivity index (χ3v) is 2.78. The number of carbonyl (C=O) groups excluding carboxylic acids is 2. The molecule has 0 radical (unpaired) electrons. The monoisotopic (exact) mass is 269 g/mol. The largest absolute Gasteiger partial charge is 0.366 e. The smallest absolute Gasteiger partial charge is 0.248 e. The highest BCUT2D eigenvalue weighted by Gasteiger charge is 2.07. The Labute approximate surface area is 104 Å². The van der Waals surface area contributed by atoms with Crippen LogP contribution in [-0.4, -0.2) is 20.2 Å². The fourth-order valence-electron chi connectivity index (χ4n) is 1.07. The van der Waals surface area contributed by atoms with Crippen molar-refractivity contribution in [3.8, 4) is 0 Å². The summed E-state index contributed by atoms with van der Waals surface area (Å²) in [6.45, 7) is 0. The van der Waals surface area contributed by atoms with Crippen LogP contribution >= 0.6 is 0 Å². The van der Waals surface area contributed by atoms with Gasteiger partial charge in [0.25, 0.3) is 0 Å². The van der Waals surface area contributed by atoms with Crippen LogP contribution in [0.15, 0.2) is 41.3 Å². The first-order chi connectivity index (χ1) is 8.29. The lowest BCUT2D eigenvalue weighted by Crippen LogP contribution is -2.13. The molecule has 1 aromatic carbocycles. The first kappa shape index (κ1) is 13.9. The normalized spacial score (nSPS) is 11.4. The van der Waals surface area contributed by atoms with Gasteiger partial charge in [-0.3, -0.25) is 9.59 Å². The van der Waals surface area contributed by atoms with Gasteiger partial charge in [0, 0.05) is 17.8 Å². The molecule has 0 spiro atoms. The second kappa shape index (κ2) is 5.43. The van der Waals surface area contributed by atoms with Gasteiger partial charge >= 0.3 is 0 Å². The Morgan fingerprint density at radius 3 is 2.11 bits per heavy atom. The average Bonchev–Trinajstić information content (AvgIpc) is 2.26. The van der Waals surface area contributed by atoms with Crippen LogP contribution in [0.2, 0.25) is 0 Å². The highest BCUT2D eigenvalue weighted by Crippen LogP contribution is 2.12. The minimum absolute atomic E-state index is 0.0619. The first-order valence-corrected chi connectivity index (χ1v) is 6.25. The Balaban J connectivity index is 2.76. The van der Waals surface area contributed by atoms with Gasteiger partial charge in [-0.1, -0.05) is 0 Å². The Morgan fingerprint density at radius 2 is 1.67 bits per heavy atom. The van der Waals surface area contributed by atoms with Crippen LogP contribution in [0.1, 0.15) is 0 Å². The average molecular weight is 269 g/mol. The molecule has 0 heterocycles. The van der Waals surface area contributed by atoms with Crippen molar-refractivity contribution in [1.82, 2.24) is 0 Å². The third kappa shape index (κ3) is 4.36. The lowest BCUT2D eigenvalue weighted by atomic mass is 10.3. The Morgan fingerprint density at radius 1 is 1.11 bits per heavy atom. The van der Waals surface area contributed by atoms with Gasteiger partial charge in [-0.25, -0.2) is 13.6 Å². The Bertz CT molecular complexity index is 590. The standard InChI is InChI=1S/C10H11N3O4S/c11-9(14)5-6-10(15)13-7-1-3-8(4-2-7)18(12,16)17/h1-6H,(H2,11,14)(H,13,15)(H2,12,16,17). The van der Waals surface area contributed by atoms with E-state index >= 15 is 0 Å². The van der Waals surface area contributed by atoms with E-state index in [1.807, 2.05) is 0 Å². The van der Waals surface area contributed by atoms with Gasteiger partial charge in [0.05, 0.1) is 4.90 Å². The van der Waals surface area contributed by atoms with E-state index in [1.165, 1.54) is 24.3 Å². The summed E-state index contributed by atoms with van der Waals surface area (Å²) >= 11 is 0. The molecule has 0 aliphatic rings. The minimum atomic E-state index is -3.76. The first-order valence-electron chi connectivity index (χ1n) is 4.70. The van der Waals surface area contributed by atoms with Gasteiger partial charge in [0.1, 0.15) is 0 Å². The number of hydrogen-bond donors (Lipinski definition) is 3. The molecule has 0 unspecified atom stereocenters. The third-order valence-electron chi connectivity index (χ3n) is 1.85. The molecule has 0 bridgehead atoms. The lowest BCUT2D eigenvalue weighted by molar-refractivity contribution is -0.115. The summed E-state index contributed by atoms with van der Waals surface area (Å²) < 4.78 is 21.9. The van der Waals surface area contributed by atoms with Crippen LogP contribution in [0.4, 0.5) is 5.69 Å². The molecular formula is C10H11N3O4S. The second-order valence-corrected chi connectivity index (χ2v) is 4.86. The van der Waals surface area contributed by atoms with Crippen molar-refractivity contribution in [3.63, 3.8) is 0 Å². The molecule has 0 saturated heterocycles. The molecule has 5 N–H and O–H groups in total. The maximum absolute atomic E-state index is 11.3. The number of hydrogen-bond acceptors (Lipinski definition) is 4. The molecule has 96 valence electrons. The molecule has 0 aliphatic carbocycles. The van der Waals surface area contributed by atoms with Gasteiger partial charge < -0.3 is 11.1 Å². The van der Waals surface area contributed by atoms with Gasteiger partial charge in [-0.2, -0.15) is 0 Å². The summed E-state index contributed by atoms with van der Waals surface area (Å²) in [6.07, 6.45) is 1.88. The quantitative estimate of drug-likeness (QED) is 0.624. The van der Waals surface area contributed by atoms with E-state index in [0.29, 0.717) is 5.69 Å². The van der Waals surface area contributed by atoms with E-state index in [0.717, 1.165) is 12.2 Å². The minimum Gasteiger partial charge on any atom is -0.366 e. The predicted octanol–water partition coefficient (Wildman–Crippen LogP) is -0.686. The molecule has 8 heteroatoms.